The van der Waals surface area contributed by atoms with Crippen LogP contribution in [0.4, 0.5) is 0 Å². The van der Waals surface area contributed by atoms with Crippen molar-refractivity contribution >= 4 is 11.7 Å². The predicted octanol–water partition coefficient (Wildman–Crippen LogP) is 1.70. The molecule has 1 aromatic carbocycles. The van der Waals surface area contributed by atoms with E-state index in [-0.39, 0.29) is 5.71 Å². The number of oxime groups is 1. The molecule has 74 valence electrons. The van der Waals surface area contributed by atoms with Gasteiger partial charge in [-0.2, -0.15) is 0 Å². The fourth-order valence-electron chi connectivity index (χ4n) is 1.21. The average Bonchev–Trinajstić information content (AvgIpc) is 2.19. The molecule has 0 saturated heterocycles. The van der Waals surface area contributed by atoms with Crippen LogP contribution in [0, 0.1) is 0 Å². The summed E-state index contributed by atoms with van der Waals surface area (Å²) in [6, 6.07) is 9.04. The first-order valence-corrected chi connectivity index (χ1v) is 4.17. The van der Waals surface area contributed by atoms with Gasteiger partial charge in [-0.15, -0.1) is 0 Å². The van der Waals surface area contributed by atoms with Crippen LogP contribution in [0.3, 0.4) is 0 Å². The maximum atomic E-state index is 10.7. The van der Waals surface area contributed by atoms with Crippen molar-refractivity contribution in [2.24, 2.45) is 5.16 Å². The van der Waals surface area contributed by atoms with Gasteiger partial charge in [0.15, 0.2) is 5.71 Å². The number of hydrogen-bond donors (Lipinski definition) is 2. The summed E-state index contributed by atoms with van der Waals surface area (Å²) in [5, 5.41) is 20.0. The summed E-state index contributed by atoms with van der Waals surface area (Å²) in [4.78, 5) is 10.7. The Bertz CT molecular complexity index is 346. The summed E-state index contributed by atoms with van der Waals surface area (Å²) < 4.78 is 0. The van der Waals surface area contributed by atoms with Crippen LogP contribution in [0.15, 0.2) is 35.5 Å². The topological polar surface area (TPSA) is 69.9 Å². The van der Waals surface area contributed by atoms with Gasteiger partial charge in [0.25, 0.3) is 0 Å². The van der Waals surface area contributed by atoms with Gasteiger partial charge in [-0.05, 0) is 5.56 Å². The standard InChI is InChI=1S/C10H11NO3/c1-7(9(11-14)10(12)13)8-5-3-2-4-6-8/h2-7,14H,1H3,(H,12,13)/b11-9-. The average molecular weight is 193 g/mol. The summed E-state index contributed by atoms with van der Waals surface area (Å²) >= 11 is 0. The molecule has 0 spiro atoms. The second-order valence-electron chi connectivity index (χ2n) is 2.92. The summed E-state index contributed by atoms with van der Waals surface area (Å²) in [7, 11) is 0. The minimum Gasteiger partial charge on any atom is -0.477 e. The molecule has 0 radical (unpaired) electrons. The molecule has 0 bridgehead atoms. The zero-order valence-corrected chi connectivity index (χ0v) is 7.71. The van der Waals surface area contributed by atoms with Crippen molar-refractivity contribution < 1.29 is 15.1 Å². The van der Waals surface area contributed by atoms with Crippen molar-refractivity contribution in [1.29, 1.82) is 0 Å². The Balaban J connectivity index is 2.96. The van der Waals surface area contributed by atoms with E-state index in [0.717, 1.165) is 5.56 Å². The van der Waals surface area contributed by atoms with Crippen LogP contribution < -0.4 is 0 Å². The van der Waals surface area contributed by atoms with Gasteiger partial charge in [-0.1, -0.05) is 42.4 Å². The van der Waals surface area contributed by atoms with Gasteiger partial charge in [0, 0.05) is 5.92 Å². The monoisotopic (exact) mass is 193 g/mol. The zero-order chi connectivity index (χ0) is 10.6. The second kappa shape index (κ2) is 4.41. The molecule has 1 atom stereocenters. The number of nitrogens with zero attached hydrogens (tertiary/aromatic N) is 1. The molecule has 0 fully saturated rings. The van der Waals surface area contributed by atoms with Crippen LogP contribution in [-0.4, -0.2) is 22.0 Å². The zero-order valence-electron chi connectivity index (χ0n) is 7.71. The molecule has 4 heteroatoms. The third-order valence-corrected chi connectivity index (χ3v) is 2.04. The number of rotatable bonds is 3. The van der Waals surface area contributed by atoms with Crippen molar-refractivity contribution in [2.75, 3.05) is 0 Å². The third kappa shape index (κ3) is 2.10. The highest BCUT2D eigenvalue weighted by atomic mass is 16.4. The lowest BCUT2D eigenvalue weighted by atomic mass is 9.96. The predicted molar refractivity (Wildman–Crippen MR) is 51.7 cm³/mol. The van der Waals surface area contributed by atoms with Gasteiger partial charge in [0.2, 0.25) is 0 Å². The highest BCUT2D eigenvalue weighted by Gasteiger charge is 2.20. The summed E-state index contributed by atoms with van der Waals surface area (Å²) in [5.74, 6) is -1.62. The molecule has 1 aromatic rings. The Kier molecular flexibility index (Phi) is 3.23. The van der Waals surface area contributed by atoms with Gasteiger partial charge in [0.05, 0.1) is 0 Å². The van der Waals surface area contributed by atoms with Crippen LogP contribution in [0.25, 0.3) is 0 Å². The van der Waals surface area contributed by atoms with E-state index >= 15 is 0 Å². The second-order valence-corrected chi connectivity index (χ2v) is 2.92. The molecule has 0 aliphatic rings. The normalized spacial score (nSPS) is 13.6. The van der Waals surface area contributed by atoms with Gasteiger partial charge in [0.1, 0.15) is 0 Å². The molecule has 4 nitrogen and oxygen atoms in total. The first kappa shape index (κ1) is 10.2. The molecule has 0 amide bonds. The van der Waals surface area contributed by atoms with Crippen molar-refractivity contribution in [2.45, 2.75) is 12.8 Å². The minimum absolute atomic E-state index is 0.254. The Hall–Kier alpha value is -1.84. The number of benzene rings is 1. The Morgan fingerprint density at radius 2 is 1.93 bits per heavy atom. The van der Waals surface area contributed by atoms with E-state index in [0.29, 0.717) is 0 Å². The molecule has 14 heavy (non-hydrogen) atoms. The van der Waals surface area contributed by atoms with Crippen molar-refractivity contribution in [3.8, 4) is 0 Å². The summed E-state index contributed by atoms with van der Waals surface area (Å²) in [5.41, 5.74) is 0.555. The lowest BCUT2D eigenvalue weighted by Crippen LogP contribution is -2.19. The maximum Gasteiger partial charge on any atom is 0.354 e. The molecule has 1 unspecified atom stereocenters. The van der Waals surface area contributed by atoms with Crippen LogP contribution in [0.2, 0.25) is 0 Å². The van der Waals surface area contributed by atoms with Crippen molar-refractivity contribution in [1.82, 2.24) is 0 Å². The Labute approximate surface area is 81.5 Å². The van der Waals surface area contributed by atoms with E-state index in [1.807, 2.05) is 18.2 Å². The molecule has 0 heterocycles. The van der Waals surface area contributed by atoms with Gasteiger partial charge >= 0.3 is 5.97 Å². The van der Waals surface area contributed by atoms with Gasteiger partial charge in [-0.25, -0.2) is 4.79 Å². The highest BCUT2D eigenvalue weighted by molar-refractivity contribution is 6.37. The van der Waals surface area contributed by atoms with Crippen LogP contribution in [0.5, 0.6) is 0 Å². The molecule has 0 aliphatic heterocycles. The number of carboxylic acids is 1. The molecule has 1 rings (SSSR count). The lowest BCUT2D eigenvalue weighted by Gasteiger charge is -2.09. The number of aliphatic carboxylic acids is 1. The van der Waals surface area contributed by atoms with E-state index < -0.39 is 11.9 Å². The molecular weight excluding hydrogens is 182 g/mol. The van der Waals surface area contributed by atoms with E-state index in [9.17, 15) is 4.79 Å². The molecule has 0 saturated carbocycles. The maximum absolute atomic E-state index is 10.7. The fourth-order valence-corrected chi connectivity index (χ4v) is 1.21. The number of hydrogen-bond acceptors (Lipinski definition) is 3. The number of carbonyl (C=O) groups is 1. The first-order chi connectivity index (χ1) is 6.66. The Morgan fingerprint density at radius 3 is 2.36 bits per heavy atom. The van der Waals surface area contributed by atoms with Gasteiger partial charge < -0.3 is 10.3 Å². The van der Waals surface area contributed by atoms with E-state index in [1.165, 1.54) is 0 Å². The highest BCUT2D eigenvalue weighted by Crippen LogP contribution is 2.16. The molecular formula is C10H11NO3. The van der Waals surface area contributed by atoms with Crippen LogP contribution in [-0.2, 0) is 4.79 Å². The smallest absolute Gasteiger partial charge is 0.354 e. The Morgan fingerprint density at radius 1 is 1.36 bits per heavy atom. The minimum atomic E-state index is -1.20. The van der Waals surface area contributed by atoms with Crippen molar-refractivity contribution in [3.05, 3.63) is 35.9 Å². The SMILES string of the molecule is CC(/C(=N/O)C(=O)O)c1ccccc1. The van der Waals surface area contributed by atoms with E-state index in [4.69, 9.17) is 10.3 Å². The quantitative estimate of drug-likeness (QED) is 0.436. The largest absolute Gasteiger partial charge is 0.477 e. The fraction of sp³-hybridized carbons (Fsp3) is 0.200. The third-order valence-electron chi connectivity index (χ3n) is 2.04. The molecule has 0 aromatic heterocycles. The van der Waals surface area contributed by atoms with E-state index in [1.54, 1.807) is 19.1 Å². The molecule has 0 aliphatic carbocycles. The summed E-state index contributed by atoms with van der Waals surface area (Å²) in [6.45, 7) is 1.68. The van der Waals surface area contributed by atoms with Gasteiger partial charge in [-0.3, -0.25) is 0 Å². The number of carboxylic acid groups (broad SMARTS) is 1. The van der Waals surface area contributed by atoms with E-state index in [2.05, 4.69) is 5.16 Å². The van der Waals surface area contributed by atoms with Crippen molar-refractivity contribution in [3.63, 3.8) is 0 Å². The summed E-state index contributed by atoms with van der Waals surface area (Å²) in [6.07, 6.45) is 0. The first-order valence-electron chi connectivity index (χ1n) is 4.17. The lowest BCUT2D eigenvalue weighted by molar-refractivity contribution is -0.129. The molecule has 2 N–H and O–H groups in total. The van der Waals surface area contributed by atoms with Crippen LogP contribution >= 0.6 is 0 Å². The van der Waals surface area contributed by atoms with Crippen LogP contribution in [0.1, 0.15) is 18.4 Å².